The van der Waals surface area contributed by atoms with Gasteiger partial charge >= 0.3 is 0 Å². The topological polar surface area (TPSA) is 65.5 Å². The van der Waals surface area contributed by atoms with E-state index in [0.717, 1.165) is 12.5 Å². The number of nitrogens with one attached hydrogen (secondary N) is 3. The van der Waals surface area contributed by atoms with Crippen LogP contribution in [-0.4, -0.2) is 39.1 Å². The molecule has 0 atom stereocenters. The lowest BCUT2D eigenvalue weighted by Crippen LogP contribution is -2.48. The lowest BCUT2D eigenvalue weighted by Gasteiger charge is -2.29. The van der Waals surface area contributed by atoms with Crippen molar-refractivity contribution < 1.29 is 4.79 Å². The molecule has 3 N–H and O–H groups in total. The van der Waals surface area contributed by atoms with Gasteiger partial charge in [-0.3, -0.25) is 9.79 Å². The highest BCUT2D eigenvalue weighted by atomic mass is 127. The third kappa shape index (κ3) is 5.93. The molecular formula is C16H33IN4O. The molecule has 1 fully saturated rings. The number of carbonyl (C=O) groups excluding carboxylic acids is 1. The van der Waals surface area contributed by atoms with E-state index >= 15 is 0 Å². The van der Waals surface area contributed by atoms with Gasteiger partial charge in [-0.1, -0.05) is 19.8 Å². The van der Waals surface area contributed by atoms with Gasteiger partial charge in [0.15, 0.2) is 5.96 Å². The Bertz CT molecular complexity index is 376. The van der Waals surface area contributed by atoms with Crippen molar-refractivity contribution in [3.05, 3.63) is 0 Å². The maximum Gasteiger partial charge on any atom is 0.227 e. The fraction of sp³-hybridized carbons (Fsp3) is 0.875. The molecule has 130 valence electrons. The molecule has 0 aromatic heterocycles. The van der Waals surface area contributed by atoms with Gasteiger partial charge in [-0.25, -0.2) is 0 Å². The zero-order valence-electron chi connectivity index (χ0n) is 14.7. The summed E-state index contributed by atoms with van der Waals surface area (Å²) in [7, 11) is 3.44. The van der Waals surface area contributed by atoms with Crippen molar-refractivity contribution in [3.8, 4) is 0 Å². The smallest absolute Gasteiger partial charge is 0.227 e. The summed E-state index contributed by atoms with van der Waals surface area (Å²) in [4.78, 5) is 16.1. The summed E-state index contributed by atoms with van der Waals surface area (Å²) in [5.74, 6) is 0.818. The normalized spacial score (nSPS) is 17.6. The predicted octanol–water partition coefficient (Wildman–Crippen LogP) is 2.51. The molecular weight excluding hydrogens is 391 g/mol. The number of amides is 1. The monoisotopic (exact) mass is 424 g/mol. The van der Waals surface area contributed by atoms with Crippen LogP contribution in [0.5, 0.6) is 0 Å². The van der Waals surface area contributed by atoms with E-state index in [0.29, 0.717) is 12.0 Å². The molecule has 0 spiro atoms. The molecule has 0 bridgehead atoms. The van der Waals surface area contributed by atoms with Gasteiger partial charge in [0.2, 0.25) is 5.91 Å². The first-order chi connectivity index (χ1) is 9.89. The quantitative estimate of drug-likeness (QED) is 0.349. The van der Waals surface area contributed by atoms with E-state index in [2.05, 4.69) is 27.9 Å². The average molecular weight is 424 g/mol. The minimum Gasteiger partial charge on any atom is -0.359 e. The molecule has 0 heterocycles. The van der Waals surface area contributed by atoms with Crippen LogP contribution in [0.25, 0.3) is 0 Å². The second-order valence-corrected chi connectivity index (χ2v) is 6.80. The summed E-state index contributed by atoms with van der Waals surface area (Å²) in [6.07, 6.45) is 6.49. The van der Waals surface area contributed by atoms with Crippen LogP contribution in [0.2, 0.25) is 0 Å². The van der Waals surface area contributed by atoms with E-state index in [1.54, 1.807) is 14.1 Å². The molecule has 0 aromatic rings. The molecule has 1 saturated carbocycles. The number of guanidine groups is 1. The maximum absolute atomic E-state index is 11.8. The van der Waals surface area contributed by atoms with Gasteiger partial charge in [0.05, 0.1) is 5.41 Å². The first-order valence-electron chi connectivity index (χ1n) is 8.06. The van der Waals surface area contributed by atoms with Crippen molar-refractivity contribution in [1.82, 2.24) is 16.0 Å². The Labute approximate surface area is 152 Å². The Morgan fingerprint density at radius 2 is 1.82 bits per heavy atom. The number of rotatable bonds is 6. The summed E-state index contributed by atoms with van der Waals surface area (Å²) < 4.78 is 0. The fourth-order valence-electron chi connectivity index (χ4n) is 3.00. The van der Waals surface area contributed by atoms with Crippen LogP contribution < -0.4 is 16.0 Å². The molecule has 0 radical (unpaired) electrons. The first-order valence-corrected chi connectivity index (χ1v) is 8.06. The van der Waals surface area contributed by atoms with Crippen LogP contribution >= 0.6 is 24.0 Å². The Morgan fingerprint density at radius 1 is 1.23 bits per heavy atom. The second kappa shape index (κ2) is 9.57. The summed E-state index contributed by atoms with van der Waals surface area (Å²) in [6.45, 7) is 7.65. The Morgan fingerprint density at radius 3 is 2.27 bits per heavy atom. The van der Waals surface area contributed by atoms with Crippen molar-refractivity contribution in [1.29, 1.82) is 0 Å². The van der Waals surface area contributed by atoms with Crippen LogP contribution in [-0.2, 0) is 4.79 Å². The number of carbonyl (C=O) groups is 1. The molecule has 1 amide bonds. The van der Waals surface area contributed by atoms with Gasteiger partial charge in [-0.2, -0.15) is 0 Å². The molecule has 0 aliphatic heterocycles. The van der Waals surface area contributed by atoms with Crippen molar-refractivity contribution in [2.75, 3.05) is 27.2 Å². The minimum absolute atomic E-state index is 0. The highest BCUT2D eigenvalue weighted by molar-refractivity contribution is 14.0. The number of nitrogens with zero attached hydrogens (tertiary/aromatic N) is 1. The van der Waals surface area contributed by atoms with Gasteiger partial charge < -0.3 is 16.0 Å². The first kappa shape index (κ1) is 21.5. The standard InChI is InChI=1S/C16H32N4O.HI/c1-6-16(9-7-8-10-16)12-20-14(18-5)19-11-15(2,3)13(21)17-4;/h6-12H2,1-5H3,(H,17,21)(H2,18,19,20);1H. The van der Waals surface area contributed by atoms with Crippen LogP contribution in [0.15, 0.2) is 4.99 Å². The molecule has 1 aliphatic carbocycles. The lowest BCUT2D eigenvalue weighted by molar-refractivity contribution is -0.128. The average Bonchev–Trinajstić information content (AvgIpc) is 2.96. The van der Waals surface area contributed by atoms with Gasteiger partial charge in [0.1, 0.15) is 0 Å². The van der Waals surface area contributed by atoms with E-state index < -0.39 is 5.41 Å². The summed E-state index contributed by atoms with van der Waals surface area (Å²) in [5.41, 5.74) is -0.0316. The van der Waals surface area contributed by atoms with Gasteiger partial charge in [-0.05, 0) is 38.5 Å². The van der Waals surface area contributed by atoms with E-state index in [1.165, 1.54) is 32.1 Å². The fourth-order valence-corrected chi connectivity index (χ4v) is 3.00. The zero-order chi connectivity index (χ0) is 15.9. The number of hydrogen-bond acceptors (Lipinski definition) is 2. The molecule has 6 heteroatoms. The summed E-state index contributed by atoms with van der Waals surface area (Å²) in [6, 6.07) is 0. The zero-order valence-corrected chi connectivity index (χ0v) is 17.0. The Hall–Kier alpha value is -0.530. The van der Waals surface area contributed by atoms with E-state index in [9.17, 15) is 4.79 Å². The molecule has 0 saturated heterocycles. The molecule has 5 nitrogen and oxygen atoms in total. The Balaban J connectivity index is 0.00000441. The van der Waals surface area contributed by atoms with Gasteiger partial charge in [0, 0.05) is 27.2 Å². The third-order valence-corrected chi connectivity index (χ3v) is 4.81. The molecule has 1 aliphatic rings. The van der Waals surface area contributed by atoms with Crippen LogP contribution in [0, 0.1) is 10.8 Å². The van der Waals surface area contributed by atoms with Gasteiger partial charge in [0.25, 0.3) is 0 Å². The van der Waals surface area contributed by atoms with E-state index in [-0.39, 0.29) is 29.9 Å². The number of hydrogen-bond donors (Lipinski definition) is 3. The van der Waals surface area contributed by atoms with Crippen molar-refractivity contribution >= 4 is 35.8 Å². The highest BCUT2D eigenvalue weighted by Gasteiger charge is 2.32. The predicted molar refractivity (Wildman–Crippen MR) is 104 cm³/mol. The second-order valence-electron chi connectivity index (χ2n) is 6.80. The number of aliphatic imine (C=N–C) groups is 1. The molecule has 1 rings (SSSR count). The minimum atomic E-state index is -0.456. The molecule has 22 heavy (non-hydrogen) atoms. The lowest BCUT2D eigenvalue weighted by atomic mass is 9.83. The van der Waals surface area contributed by atoms with Crippen molar-refractivity contribution in [2.24, 2.45) is 15.8 Å². The Kier molecular flexibility index (Phi) is 9.34. The van der Waals surface area contributed by atoms with Crippen molar-refractivity contribution in [3.63, 3.8) is 0 Å². The van der Waals surface area contributed by atoms with E-state index in [1.807, 2.05) is 13.8 Å². The van der Waals surface area contributed by atoms with Crippen LogP contribution in [0.3, 0.4) is 0 Å². The summed E-state index contributed by atoms with van der Waals surface area (Å²) in [5, 5.41) is 9.41. The maximum atomic E-state index is 11.8. The van der Waals surface area contributed by atoms with Crippen LogP contribution in [0.4, 0.5) is 0 Å². The summed E-state index contributed by atoms with van der Waals surface area (Å²) >= 11 is 0. The third-order valence-electron chi connectivity index (χ3n) is 4.81. The van der Waals surface area contributed by atoms with Gasteiger partial charge in [-0.15, -0.1) is 24.0 Å². The number of halogens is 1. The SMILES string of the molecule is CCC1(CNC(=NC)NCC(C)(C)C(=O)NC)CCCC1.I. The largest absolute Gasteiger partial charge is 0.359 e. The molecule has 0 unspecified atom stereocenters. The highest BCUT2D eigenvalue weighted by Crippen LogP contribution is 2.40. The molecule has 0 aromatic carbocycles. The van der Waals surface area contributed by atoms with Crippen LogP contribution in [0.1, 0.15) is 52.9 Å². The van der Waals surface area contributed by atoms with E-state index in [4.69, 9.17) is 0 Å². The van der Waals surface area contributed by atoms with Crippen molar-refractivity contribution in [2.45, 2.75) is 52.9 Å².